The van der Waals surface area contributed by atoms with E-state index in [4.69, 9.17) is 4.74 Å². The fourth-order valence-electron chi connectivity index (χ4n) is 2.83. The van der Waals surface area contributed by atoms with Gasteiger partial charge in [0.05, 0.1) is 21.2 Å². The Bertz CT molecular complexity index is 1040. The van der Waals surface area contributed by atoms with Gasteiger partial charge in [-0.05, 0) is 29.8 Å². The zero-order chi connectivity index (χ0) is 18.0. The van der Waals surface area contributed by atoms with Crippen molar-refractivity contribution in [3.05, 3.63) is 84.4 Å². The molecule has 130 valence electrons. The summed E-state index contributed by atoms with van der Waals surface area (Å²) >= 11 is 0. The van der Waals surface area contributed by atoms with Crippen LogP contribution < -0.4 is 5.32 Å². The molecule has 0 atom stereocenters. The molecule has 0 spiro atoms. The number of fused-ring (bicyclic) bond motifs is 2. The van der Waals surface area contributed by atoms with Crippen molar-refractivity contribution in [3.63, 3.8) is 0 Å². The molecular formula is C20H16N2O3S. The van der Waals surface area contributed by atoms with Gasteiger partial charge in [0.25, 0.3) is 0 Å². The molecule has 0 aliphatic carbocycles. The lowest BCUT2D eigenvalue weighted by atomic mass is 10.2. The minimum Gasteiger partial charge on any atom is -0.443 e. The highest BCUT2D eigenvalue weighted by Gasteiger charge is 2.28. The molecule has 3 aromatic carbocycles. The molecule has 5 nitrogen and oxygen atoms in total. The number of carbonyl (C=O) groups excluding carboxylic acids is 1. The number of ether oxygens (including phenoxy) is 1. The summed E-state index contributed by atoms with van der Waals surface area (Å²) in [6, 6.07) is 23.6. The summed E-state index contributed by atoms with van der Waals surface area (Å²) in [6.45, 7) is 0.0836. The van der Waals surface area contributed by atoms with E-state index in [0.29, 0.717) is 21.2 Å². The summed E-state index contributed by atoms with van der Waals surface area (Å²) in [6.07, 6.45) is -0.842. The van der Waals surface area contributed by atoms with Crippen LogP contribution >= 0.6 is 0 Å². The number of nitrogens with one attached hydrogen (secondary N) is 1. The monoisotopic (exact) mass is 364 g/mol. The SMILES string of the molecule is O=C(N=S1(=O)c2ccccc2Nc2ccccc21)OCc1ccccc1. The van der Waals surface area contributed by atoms with Crippen molar-refractivity contribution in [2.45, 2.75) is 16.4 Å². The summed E-state index contributed by atoms with van der Waals surface area (Å²) in [4.78, 5) is 13.3. The molecule has 0 unspecified atom stereocenters. The fraction of sp³-hybridized carbons (Fsp3) is 0.0500. The van der Waals surface area contributed by atoms with Gasteiger partial charge in [-0.3, -0.25) is 0 Å². The number of benzene rings is 3. The number of hydrogen-bond donors (Lipinski definition) is 1. The van der Waals surface area contributed by atoms with E-state index in [0.717, 1.165) is 5.56 Å². The Kier molecular flexibility index (Phi) is 4.18. The third kappa shape index (κ3) is 2.95. The highest BCUT2D eigenvalue weighted by atomic mass is 32.2. The van der Waals surface area contributed by atoms with Gasteiger partial charge in [0, 0.05) is 0 Å². The molecule has 26 heavy (non-hydrogen) atoms. The van der Waals surface area contributed by atoms with Gasteiger partial charge >= 0.3 is 6.09 Å². The van der Waals surface area contributed by atoms with Crippen LogP contribution in [0.5, 0.6) is 0 Å². The molecule has 3 aromatic rings. The number of hydrogen-bond acceptors (Lipinski definition) is 4. The maximum absolute atomic E-state index is 13.8. The van der Waals surface area contributed by atoms with Crippen molar-refractivity contribution >= 4 is 27.2 Å². The Hall–Kier alpha value is -3.12. The summed E-state index contributed by atoms with van der Waals surface area (Å²) < 4.78 is 23.0. The first-order valence-electron chi connectivity index (χ1n) is 8.10. The van der Waals surface area contributed by atoms with Gasteiger partial charge in [-0.15, -0.1) is 4.36 Å². The van der Waals surface area contributed by atoms with E-state index in [-0.39, 0.29) is 6.61 Å². The van der Waals surface area contributed by atoms with Gasteiger partial charge in [0.2, 0.25) is 0 Å². The predicted octanol–water partition coefficient (Wildman–Crippen LogP) is 4.97. The number of carbonyl (C=O) groups is 1. The Morgan fingerprint density at radius 2 is 1.38 bits per heavy atom. The predicted molar refractivity (Wildman–Crippen MR) is 99.9 cm³/mol. The van der Waals surface area contributed by atoms with Gasteiger partial charge in [-0.2, -0.15) is 0 Å². The standard InChI is InChI=1S/C20H16N2O3S/c23-20(25-14-15-8-2-1-3-9-15)22-26(24)18-12-6-4-10-16(18)21-17-11-5-7-13-19(17)26/h1-13,21H,14H2. The van der Waals surface area contributed by atoms with Crippen molar-refractivity contribution in [1.29, 1.82) is 0 Å². The highest BCUT2D eigenvalue weighted by molar-refractivity contribution is 7.94. The lowest BCUT2D eigenvalue weighted by molar-refractivity contribution is 0.151. The maximum atomic E-state index is 13.8. The molecule has 0 aromatic heterocycles. The van der Waals surface area contributed by atoms with E-state index in [1.165, 1.54) is 0 Å². The molecule has 1 N–H and O–H groups in total. The van der Waals surface area contributed by atoms with Crippen molar-refractivity contribution in [2.24, 2.45) is 4.36 Å². The molecule has 0 fully saturated rings. The van der Waals surface area contributed by atoms with Gasteiger partial charge < -0.3 is 10.1 Å². The molecular weight excluding hydrogens is 348 g/mol. The number of nitrogens with zero attached hydrogens (tertiary/aromatic N) is 1. The van der Waals surface area contributed by atoms with Crippen LogP contribution in [0.4, 0.5) is 16.2 Å². The fourth-order valence-corrected chi connectivity index (χ4v) is 4.89. The smallest absolute Gasteiger partial charge is 0.442 e. The van der Waals surface area contributed by atoms with Crippen molar-refractivity contribution in [3.8, 4) is 0 Å². The molecule has 6 heteroatoms. The summed E-state index contributed by atoms with van der Waals surface area (Å²) in [5.41, 5.74) is 2.20. The normalized spacial score (nSPS) is 13.7. The van der Waals surface area contributed by atoms with Crippen LogP contribution in [0.3, 0.4) is 0 Å². The minimum absolute atomic E-state index is 0.0836. The third-order valence-corrected chi connectivity index (χ3v) is 6.36. The Morgan fingerprint density at radius 1 is 0.846 bits per heavy atom. The topological polar surface area (TPSA) is 67.8 Å². The Labute approximate surface area is 151 Å². The first-order chi connectivity index (χ1) is 12.7. The molecule has 0 radical (unpaired) electrons. The summed E-state index contributed by atoms with van der Waals surface area (Å²) in [7, 11) is -3.12. The van der Waals surface area contributed by atoms with Crippen LogP contribution in [0.1, 0.15) is 5.56 Å². The number of para-hydroxylation sites is 2. The van der Waals surface area contributed by atoms with Crippen molar-refractivity contribution in [2.75, 3.05) is 5.32 Å². The lowest BCUT2D eigenvalue weighted by Crippen LogP contribution is -2.15. The zero-order valence-corrected chi connectivity index (χ0v) is 14.6. The van der Waals surface area contributed by atoms with E-state index < -0.39 is 15.8 Å². The van der Waals surface area contributed by atoms with Crippen LogP contribution in [0.15, 0.2) is 93.0 Å². The Morgan fingerprint density at radius 3 is 2.00 bits per heavy atom. The average molecular weight is 364 g/mol. The number of rotatable bonds is 2. The van der Waals surface area contributed by atoms with Gasteiger partial charge in [-0.1, -0.05) is 54.6 Å². The van der Waals surface area contributed by atoms with Gasteiger partial charge in [-0.25, -0.2) is 9.00 Å². The highest BCUT2D eigenvalue weighted by Crippen LogP contribution is 2.40. The van der Waals surface area contributed by atoms with E-state index in [1.807, 2.05) is 54.6 Å². The average Bonchev–Trinajstić information content (AvgIpc) is 2.68. The van der Waals surface area contributed by atoms with Crippen LogP contribution in [-0.4, -0.2) is 10.3 Å². The minimum atomic E-state index is -3.12. The van der Waals surface area contributed by atoms with E-state index in [9.17, 15) is 9.00 Å². The zero-order valence-electron chi connectivity index (χ0n) is 13.8. The van der Waals surface area contributed by atoms with Crippen molar-refractivity contribution < 1.29 is 13.7 Å². The van der Waals surface area contributed by atoms with Crippen LogP contribution in [0, 0.1) is 0 Å². The van der Waals surface area contributed by atoms with E-state index in [1.54, 1.807) is 24.3 Å². The first kappa shape index (κ1) is 16.4. The number of amides is 1. The molecule has 4 rings (SSSR count). The molecule has 1 heterocycles. The van der Waals surface area contributed by atoms with Crippen LogP contribution in [0.25, 0.3) is 0 Å². The molecule has 1 amide bonds. The van der Waals surface area contributed by atoms with Crippen LogP contribution in [-0.2, 0) is 21.1 Å². The summed E-state index contributed by atoms with van der Waals surface area (Å²) in [5.74, 6) is 0. The molecule has 0 saturated carbocycles. The van der Waals surface area contributed by atoms with E-state index >= 15 is 0 Å². The first-order valence-corrected chi connectivity index (χ1v) is 9.61. The number of anilines is 2. The van der Waals surface area contributed by atoms with Crippen molar-refractivity contribution in [1.82, 2.24) is 0 Å². The molecule has 1 aliphatic heterocycles. The molecule has 0 saturated heterocycles. The second kappa shape index (κ2) is 6.65. The van der Waals surface area contributed by atoms with Gasteiger partial charge in [0.15, 0.2) is 0 Å². The summed E-state index contributed by atoms with van der Waals surface area (Å²) in [5, 5.41) is 3.24. The molecule has 0 bridgehead atoms. The Balaban J connectivity index is 1.73. The van der Waals surface area contributed by atoms with E-state index in [2.05, 4.69) is 9.68 Å². The molecule has 1 aliphatic rings. The second-order valence-corrected chi connectivity index (χ2v) is 7.89. The van der Waals surface area contributed by atoms with Crippen LogP contribution in [0.2, 0.25) is 0 Å². The largest absolute Gasteiger partial charge is 0.443 e. The maximum Gasteiger partial charge on any atom is 0.442 e. The second-order valence-electron chi connectivity index (χ2n) is 5.77. The van der Waals surface area contributed by atoms with Gasteiger partial charge in [0.1, 0.15) is 16.3 Å². The third-order valence-electron chi connectivity index (χ3n) is 4.05. The lowest BCUT2D eigenvalue weighted by Gasteiger charge is -2.24. The quantitative estimate of drug-likeness (QED) is 0.545.